The zero-order valence-corrected chi connectivity index (χ0v) is 20.2. The van der Waals surface area contributed by atoms with Gasteiger partial charge >= 0.3 is 5.97 Å². The topological polar surface area (TPSA) is 81.1 Å². The number of aliphatic hydroxyl groups excluding tert-OH is 1. The van der Waals surface area contributed by atoms with Crippen LogP contribution in [0, 0.1) is 12.0 Å². The van der Waals surface area contributed by atoms with E-state index in [2.05, 4.69) is 11.0 Å². The highest BCUT2D eigenvalue weighted by molar-refractivity contribution is 6.43. The second-order valence-corrected chi connectivity index (χ2v) is 9.54. The number of aliphatic hydroxyl groups is 1. The molecule has 0 aromatic heterocycles. The van der Waals surface area contributed by atoms with E-state index >= 15 is 0 Å². The molecule has 2 heterocycles. The lowest BCUT2D eigenvalue weighted by atomic mass is 9.95. The third kappa shape index (κ3) is 5.57. The maximum Gasteiger partial charge on any atom is 0.306 e. The van der Waals surface area contributed by atoms with E-state index in [1.54, 1.807) is 17.0 Å². The van der Waals surface area contributed by atoms with Crippen LogP contribution in [0.3, 0.4) is 0 Å². The third-order valence-corrected chi connectivity index (χ3v) is 7.39. The molecule has 1 radical (unpaired) electrons. The number of nitrogens with zero attached hydrogens (tertiary/aromatic N) is 2. The number of carbonyl (C=O) groups is 2. The van der Waals surface area contributed by atoms with E-state index in [1.165, 1.54) is 6.08 Å². The molecule has 0 bridgehead atoms. The molecule has 6 nitrogen and oxygen atoms in total. The average molecular weight is 502 g/mol. The molecule has 2 aromatic rings. The van der Waals surface area contributed by atoms with Crippen LogP contribution in [0.1, 0.15) is 31.2 Å². The summed E-state index contributed by atoms with van der Waals surface area (Å²) in [5.41, 5.74) is 3.35. The van der Waals surface area contributed by atoms with E-state index in [1.807, 2.05) is 24.3 Å². The van der Waals surface area contributed by atoms with Gasteiger partial charge in [-0.2, -0.15) is 0 Å². The van der Waals surface area contributed by atoms with Crippen molar-refractivity contribution >= 4 is 46.8 Å². The van der Waals surface area contributed by atoms with Crippen LogP contribution >= 0.6 is 23.2 Å². The van der Waals surface area contributed by atoms with Crippen molar-refractivity contribution in [2.24, 2.45) is 5.92 Å². The number of carbonyl (C=O) groups excluding carboxylic acids is 1. The normalized spacial score (nSPS) is 18.0. The summed E-state index contributed by atoms with van der Waals surface area (Å²) in [5, 5.41) is 19.5. The van der Waals surface area contributed by atoms with Gasteiger partial charge in [-0.25, -0.2) is 0 Å². The van der Waals surface area contributed by atoms with Crippen LogP contribution < -0.4 is 4.90 Å². The Labute approximate surface area is 209 Å². The van der Waals surface area contributed by atoms with Gasteiger partial charge < -0.3 is 20.0 Å². The number of carboxylic acid groups (broad SMARTS) is 1. The van der Waals surface area contributed by atoms with Gasteiger partial charge in [0.1, 0.15) is 0 Å². The Balaban J connectivity index is 1.58. The number of aliphatic carboxylic acids is 1. The fraction of sp³-hybridized carbons (Fsp3) is 0.385. The summed E-state index contributed by atoms with van der Waals surface area (Å²) < 4.78 is 0. The molecule has 4 rings (SSSR count). The van der Waals surface area contributed by atoms with Gasteiger partial charge in [-0.1, -0.05) is 35.3 Å². The summed E-state index contributed by atoms with van der Waals surface area (Å²) in [6.45, 7) is 2.41. The molecule has 0 atom stereocenters. The van der Waals surface area contributed by atoms with Crippen LogP contribution in [0.2, 0.25) is 10.0 Å². The molecule has 0 saturated carbocycles. The molecule has 179 valence electrons. The Morgan fingerprint density at radius 1 is 1.06 bits per heavy atom. The van der Waals surface area contributed by atoms with Gasteiger partial charge in [0.05, 0.1) is 22.1 Å². The number of hydrogen-bond donors (Lipinski definition) is 2. The molecule has 0 unspecified atom stereocenters. The predicted molar refractivity (Wildman–Crippen MR) is 134 cm³/mol. The molecule has 34 heavy (non-hydrogen) atoms. The fourth-order valence-electron chi connectivity index (χ4n) is 4.52. The Morgan fingerprint density at radius 3 is 2.44 bits per heavy atom. The number of rotatable bonds is 5. The molecule has 0 spiro atoms. The van der Waals surface area contributed by atoms with Gasteiger partial charge in [0.15, 0.2) is 0 Å². The van der Waals surface area contributed by atoms with Crippen molar-refractivity contribution in [2.45, 2.75) is 31.8 Å². The fourth-order valence-corrected chi connectivity index (χ4v) is 4.89. The number of likely N-dealkylation sites (tertiary alicyclic amines) is 1. The van der Waals surface area contributed by atoms with Crippen LogP contribution in [0.15, 0.2) is 36.4 Å². The van der Waals surface area contributed by atoms with Crippen molar-refractivity contribution in [1.82, 2.24) is 4.90 Å². The second-order valence-electron chi connectivity index (χ2n) is 8.78. The lowest BCUT2D eigenvalue weighted by Crippen LogP contribution is -2.39. The Bertz CT molecular complexity index is 1090. The lowest BCUT2D eigenvalue weighted by molar-refractivity contribution is -0.142. The van der Waals surface area contributed by atoms with E-state index < -0.39 is 5.97 Å². The SMILES string of the molecule is O=C(O)C1CCN(c2cccc(-c3c[c]c(Cl)c(Cl)c3/C=C/C(=O)N3CCC(O)CC3)c2)CC1. The van der Waals surface area contributed by atoms with Gasteiger partial charge in [-0.05, 0) is 61.1 Å². The first-order valence-electron chi connectivity index (χ1n) is 11.5. The van der Waals surface area contributed by atoms with Crippen LogP contribution in [0.4, 0.5) is 5.69 Å². The molecular formula is C26H27Cl2N2O4. The van der Waals surface area contributed by atoms with Crippen LogP contribution in [-0.4, -0.2) is 59.3 Å². The highest BCUT2D eigenvalue weighted by Crippen LogP contribution is 2.36. The highest BCUT2D eigenvalue weighted by Gasteiger charge is 2.25. The summed E-state index contributed by atoms with van der Waals surface area (Å²) in [4.78, 5) is 27.9. The number of halogens is 2. The number of carboxylic acids is 1. The van der Waals surface area contributed by atoms with Gasteiger partial charge in [-0.3, -0.25) is 9.59 Å². The standard InChI is InChI=1S/C26H27Cl2N2O4/c27-23-6-4-21(22(25(23)28)5-7-24(32)30-14-10-20(31)11-15-30)18-2-1-3-19(16-18)29-12-8-17(9-13-29)26(33)34/h1-5,7,16-17,20,31H,8-15H2,(H,33,34)/b7-5+. The van der Waals surface area contributed by atoms with Crippen molar-refractivity contribution in [3.63, 3.8) is 0 Å². The first kappa shape index (κ1) is 24.6. The molecule has 0 aliphatic carbocycles. The number of piperidine rings is 2. The van der Waals surface area contributed by atoms with Crippen molar-refractivity contribution < 1.29 is 19.8 Å². The monoisotopic (exact) mass is 501 g/mol. The third-order valence-electron chi connectivity index (χ3n) is 6.60. The smallest absolute Gasteiger partial charge is 0.306 e. The van der Waals surface area contributed by atoms with Gasteiger partial charge in [0.2, 0.25) is 5.91 Å². The van der Waals surface area contributed by atoms with Crippen LogP contribution in [0.25, 0.3) is 17.2 Å². The molecular weight excluding hydrogens is 475 g/mol. The number of benzene rings is 2. The summed E-state index contributed by atoms with van der Waals surface area (Å²) in [6.07, 6.45) is 5.23. The first-order valence-corrected chi connectivity index (χ1v) is 12.2. The molecule has 2 saturated heterocycles. The van der Waals surface area contributed by atoms with E-state index in [4.69, 9.17) is 23.2 Å². The minimum atomic E-state index is -0.730. The summed E-state index contributed by atoms with van der Waals surface area (Å²) in [6, 6.07) is 12.7. The van der Waals surface area contributed by atoms with Crippen molar-refractivity contribution in [3.05, 3.63) is 58.1 Å². The van der Waals surface area contributed by atoms with Gasteiger partial charge in [0, 0.05) is 49.6 Å². The highest BCUT2D eigenvalue weighted by atomic mass is 35.5. The maximum absolute atomic E-state index is 12.7. The number of hydrogen-bond acceptors (Lipinski definition) is 4. The Kier molecular flexibility index (Phi) is 7.81. The van der Waals surface area contributed by atoms with E-state index in [-0.39, 0.29) is 23.0 Å². The summed E-state index contributed by atoms with van der Waals surface area (Å²) in [7, 11) is 0. The van der Waals surface area contributed by atoms with E-state index in [0.717, 1.165) is 16.8 Å². The van der Waals surface area contributed by atoms with Crippen molar-refractivity contribution in [1.29, 1.82) is 0 Å². The van der Waals surface area contributed by atoms with Gasteiger partial charge in [-0.15, -0.1) is 0 Å². The average Bonchev–Trinajstić information content (AvgIpc) is 2.85. The van der Waals surface area contributed by atoms with Crippen molar-refractivity contribution in [3.8, 4) is 11.1 Å². The van der Waals surface area contributed by atoms with E-state index in [0.29, 0.717) is 62.4 Å². The van der Waals surface area contributed by atoms with Crippen LogP contribution in [-0.2, 0) is 9.59 Å². The Hall–Kier alpha value is -2.54. The molecule has 1 amide bonds. The molecule has 8 heteroatoms. The van der Waals surface area contributed by atoms with E-state index in [9.17, 15) is 19.8 Å². The summed E-state index contributed by atoms with van der Waals surface area (Å²) in [5.74, 6) is -1.15. The number of anilines is 1. The largest absolute Gasteiger partial charge is 0.481 e. The second kappa shape index (κ2) is 10.8. The Morgan fingerprint density at radius 2 is 1.76 bits per heavy atom. The molecule has 2 aliphatic rings. The quantitative estimate of drug-likeness (QED) is 0.577. The molecule has 2 fully saturated rings. The zero-order valence-electron chi connectivity index (χ0n) is 18.7. The van der Waals surface area contributed by atoms with Crippen molar-refractivity contribution in [2.75, 3.05) is 31.1 Å². The number of amides is 1. The molecule has 2 N–H and O–H groups in total. The maximum atomic E-state index is 12.7. The molecule has 2 aromatic carbocycles. The van der Waals surface area contributed by atoms with Crippen LogP contribution in [0.5, 0.6) is 0 Å². The predicted octanol–water partition coefficient (Wildman–Crippen LogP) is 4.76. The zero-order chi connectivity index (χ0) is 24.2. The minimum absolute atomic E-state index is 0.132. The van der Waals surface area contributed by atoms with Gasteiger partial charge in [0.25, 0.3) is 0 Å². The summed E-state index contributed by atoms with van der Waals surface area (Å²) >= 11 is 12.8. The minimum Gasteiger partial charge on any atom is -0.481 e. The lowest BCUT2D eigenvalue weighted by Gasteiger charge is -2.32. The first-order chi connectivity index (χ1) is 16.3. The molecule has 2 aliphatic heterocycles.